The summed E-state index contributed by atoms with van der Waals surface area (Å²) in [5.41, 5.74) is -1.44. The third kappa shape index (κ3) is 5.38. The standard InChI is InChI=1S/C16H10Cl3F3N2O2S/c1-26-13-9(4-8(18)6-11(13)19)14(25)24-15(27)23-12-3-2-7(17)5-10(12)16(20,21)22/h2-6H,1H3,(H2,23,24,25,27). The molecule has 0 fully saturated rings. The Hall–Kier alpha value is -1.74. The molecule has 0 aromatic heterocycles. The summed E-state index contributed by atoms with van der Waals surface area (Å²) in [6.45, 7) is 0. The van der Waals surface area contributed by atoms with Gasteiger partial charge in [-0.05, 0) is 42.5 Å². The summed E-state index contributed by atoms with van der Waals surface area (Å²) in [6.07, 6.45) is -4.67. The van der Waals surface area contributed by atoms with E-state index in [1.165, 1.54) is 25.3 Å². The zero-order valence-corrected chi connectivity index (χ0v) is 16.5. The van der Waals surface area contributed by atoms with Gasteiger partial charge in [0.25, 0.3) is 5.91 Å². The molecule has 2 N–H and O–H groups in total. The van der Waals surface area contributed by atoms with Gasteiger partial charge in [-0.1, -0.05) is 34.8 Å². The molecule has 0 unspecified atom stereocenters. The van der Waals surface area contributed by atoms with Crippen LogP contribution >= 0.6 is 47.0 Å². The van der Waals surface area contributed by atoms with Gasteiger partial charge in [0.2, 0.25) is 0 Å². The van der Waals surface area contributed by atoms with Crippen molar-refractivity contribution in [1.82, 2.24) is 5.32 Å². The Balaban J connectivity index is 2.24. The van der Waals surface area contributed by atoms with Crippen LogP contribution in [0.1, 0.15) is 15.9 Å². The van der Waals surface area contributed by atoms with Crippen LogP contribution in [0, 0.1) is 0 Å². The van der Waals surface area contributed by atoms with Crippen LogP contribution in [0.4, 0.5) is 18.9 Å². The predicted octanol–water partition coefficient (Wildman–Crippen LogP) is 5.80. The molecule has 27 heavy (non-hydrogen) atoms. The van der Waals surface area contributed by atoms with Crippen molar-refractivity contribution < 1.29 is 22.7 Å². The molecule has 2 aromatic rings. The Morgan fingerprint density at radius 2 is 1.78 bits per heavy atom. The number of thiocarbonyl (C=S) groups is 1. The zero-order valence-electron chi connectivity index (χ0n) is 13.4. The average Bonchev–Trinajstić information content (AvgIpc) is 2.54. The maximum atomic E-state index is 13.1. The number of amides is 1. The fraction of sp³-hybridized carbons (Fsp3) is 0.125. The second-order valence-electron chi connectivity index (χ2n) is 5.06. The molecule has 0 saturated carbocycles. The van der Waals surface area contributed by atoms with E-state index in [0.717, 1.165) is 12.1 Å². The van der Waals surface area contributed by atoms with E-state index < -0.39 is 17.6 Å². The van der Waals surface area contributed by atoms with Crippen LogP contribution in [0.2, 0.25) is 15.1 Å². The minimum absolute atomic E-state index is 0.0358. The number of anilines is 1. The van der Waals surface area contributed by atoms with Crippen molar-refractivity contribution in [3.05, 3.63) is 56.5 Å². The van der Waals surface area contributed by atoms with Crippen molar-refractivity contribution in [2.75, 3.05) is 12.4 Å². The van der Waals surface area contributed by atoms with Crippen molar-refractivity contribution in [1.29, 1.82) is 0 Å². The number of nitrogens with one attached hydrogen (secondary N) is 2. The summed E-state index contributed by atoms with van der Waals surface area (Å²) in [6, 6.07) is 5.75. The number of carbonyl (C=O) groups is 1. The van der Waals surface area contributed by atoms with Gasteiger partial charge in [0.15, 0.2) is 5.11 Å². The molecule has 4 nitrogen and oxygen atoms in total. The second-order valence-corrected chi connectivity index (χ2v) is 6.75. The molecule has 2 rings (SSSR count). The molecule has 0 bridgehead atoms. The van der Waals surface area contributed by atoms with E-state index >= 15 is 0 Å². The van der Waals surface area contributed by atoms with Gasteiger partial charge in [-0.2, -0.15) is 13.2 Å². The van der Waals surface area contributed by atoms with Crippen LogP contribution in [0.25, 0.3) is 0 Å². The second kappa shape index (κ2) is 8.52. The monoisotopic (exact) mass is 456 g/mol. The lowest BCUT2D eigenvalue weighted by molar-refractivity contribution is -0.136. The number of ether oxygens (including phenoxy) is 1. The topological polar surface area (TPSA) is 50.4 Å². The molecule has 0 aliphatic carbocycles. The number of alkyl halides is 3. The molecular formula is C16H10Cl3F3N2O2S. The van der Waals surface area contributed by atoms with Gasteiger partial charge in [-0.25, -0.2) is 0 Å². The molecule has 0 heterocycles. The highest BCUT2D eigenvalue weighted by Gasteiger charge is 2.34. The van der Waals surface area contributed by atoms with E-state index in [1.54, 1.807) is 0 Å². The molecule has 2 aromatic carbocycles. The first-order chi connectivity index (χ1) is 12.5. The first-order valence-electron chi connectivity index (χ1n) is 7.05. The van der Waals surface area contributed by atoms with Crippen LogP contribution in [0.3, 0.4) is 0 Å². The molecule has 0 aliphatic heterocycles. The fourth-order valence-electron chi connectivity index (χ4n) is 2.12. The number of halogens is 6. The Kier molecular flexibility index (Phi) is 6.80. The van der Waals surface area contributed by atoms with Crippen LogP contribution in [-0.2, 0) is 6.18 Å². The lowest BCUT2D eigenvalue weighted by Crippen LogP contribution is -2.35. The quantitative estimate of drug-likeness (QED) is 0.572. The minimum Gasteiger partial charge on any atom is -0.494 e. The summed E-state index contributed by atoms with van der Waals surface area (Å²) in [7, 11) is 1.30. The molecule has 0 saturated heterocycles. The fourth-order valence-corrected chi connectivity index (χ4v) is 3.07. The maximum absolute atomic E-state index is 13.1. The van der Waals surface area contributed by atoms with E-state index in [0.29, 0.717) is 0 Å². The molecule has 0 aliphatic rings. The van der Waals surface area contributed by atoms with Gasteiger partial charge in [-0.3, -0.25) is 10.1 Å². The summed E-state index contributed by atoms with van der Waals surface area (Å²) in [5.74, 6) is -0.722. The third-order valence-electron chi connectivity index (χ3n) is 3.22. The molecule has 11 heteroatoms. The first kappa shape index (κ1) is 21.6. The lowest BCUT2D eigenvalue weighted by atomic mass is 10.1. The van der Waals surface area contributed by atoms with Gasteiger partial charge in [0.05, 0.1) is 28.9 Å². The predicted molar refractivity (Wildman–Crippen MR) is 103 cm³/mol. The summed E-state index contributed by atoms with van der Waals surface area (Å²) in [5, 5.41) is 4.37. The summed E-state index contributed by atoms with van der Waals surface area (Å²) in [4.78, 5) is 12.4. The molecule has 0 spiro atoms. The van der Waals surface area contributed by atoms with Crippen molar-refractivity contribution in [2.45, 2.75) is 6.18 Å². The van der Waals surface area contributed by atoms with Gasteiger partial charge in [-0.15, -0.1) is 0 Å². The Morgan fingerprint density at radius 3 is 2.37 bits per heavy atom. The van der Waals surface area contributed by atoms with Crippen molar-refractivity contribution in [3.8, 4) is 5.75 Å². The van der Waals surface area contributed by atoms with Crippen LogP contribution < -0.4 is 15.4 Å². The zero-order chi connectivity index (χ0) is 20.4. The Labute approximate surface area is 172 Å². The number of benzene rings is 2. The molecule has 0 atom stereocenters. The minimum atomic E-state index is -4.67. The van der Waals surface area contributed by atoms with Crippen LogP contribution in [0.5, 0.6) is 5.75 Å². The number of methoxy groups -OCH3 is 1. The third-order valence-corrected chi connectivity index (χ3v) is 4.16. The molecule has 1 amide bonds. The largest absolute Gasteiger partial charge is 0.494 e. The normalized spacial score (nSPS) is 11.1. The van der Waals surface area contributed by atoms with Gasteiger partial charge < -0.3 is 10.1 Å². The van der Waals surface area contributed by atoms with Crippen LogP contribution in [0.15, 0.2) is 30.3 Å². The van der Waals surface area contributed by atoms with Crippen molar-refractivity contribution in [3.63, 3.8) is 0 Å². The highest BCUT2D eigenvalue weighted by molar-refractivity contribution is 7.80. The van der Waals surface area contributed by atoms with Crippen molar-refractivity contribution >= 4 is 63.7 Å². The van der Waals surface area contributed by atoms with Gasteiger partial charge in [0, 0.05) is 10.0 Å². The van der Waals surface area contributed by atoms with E-state index in [2.05, 4.69) is 10.6 Å². The first-order valence-corrected chi connectivity index (χ1v) is 8.59. The van der Waals surface area contributed by atoms with E-state index in [1.807, 2.05) is 0 Å². The average molecular weight is 458 g/mol. The highest BCUT2D eigenvalue weighted by Crippen LogP contribution is 2.36. The van der Waals surface area contributed by atoms with Gasteiger partial charge in [0.1, 0.15) is 5.75 Å². The number of rotatable bonds is 3. The van der Waals surface area contributed by atoms with Gasteiger partial charge >= 0.3 is 6.18 Å². The maximum Gasteiger partial charge on any atom is 0.418 e. The Morgan fingerprint density at radius 1 is 1.11 bits per heavy atom. The Bertz CT molecular complexity index is 907. The van der Waals surface area contributed by atoms with E-state index in [9.17, 15) is 18.0 Å². The summed E-state index contributed by atoms with van der Waals surface area (Å²) >= 11 is 22.4. The SMILES string of the molecule is COc1c(Cl)cc(Cl)cc1C(=O)NC(=S)Nc1ccc(Cl)cc1C(F)(F)F. The lowest BCUT2D eigenvalue weighted by Gasteiger charge is -2.16. The smallest absolute Gasteiger partial charge is 0.418 e. The van der Waals surface area contributed by atoms with E-state index in [-0.39, 0.29) is 37.2 Å². The van der Waals surface area contributed by atoms with Crippen LogP contribution in [-0.4, -0.2) is 18.1 Å². The molecule has 144 valence electrons. The number of hydrogen-bond acceptors (Lipinski definition) is 3. The highest BCUT2D eigenvalue weighted by atomic mass is 35.5. The molecule has 0 radical (unpaired) electrons. The number of carbonyl (C=O) groups excluding carboxylic acids is 1. The van der Waals surface area contributed by atoms with Crippen molar-refractivity contribution in [2.24, 2.45) is 0 Å². The number of hydrogen-bond donors (Lipinski definition) is 2. The molecular weight excluding hydrogens is 448 g/mol. The van der Waals surface area contributed by atoms with E-state index in [4.69, 9.17) is 51.8 Å². The summed E-state index contributed by atoms with van der Waals surface area (Å²) < 4.78 is 44.4.